The molecule has 3 aromatic rings. The van der Waals surface area contributed by atoms with E-state index in [1.807, 2.05) is 24.3 Å². The maximum atomic E-state index is 13.6. The van der Waals surface area contributed by atoms with Gasteiger partial charge in [-0.3, -0.25) is 0 Å². The lowest BCUT2D eigenvalue weighted by Gasteiger charge is -2.39. The summed E-state index contributed by atoms with van der Waals surface area (Å²) in [6.07, 6.45) is 9.61. The van der Waals surface area contributed by atoms with Gasteiger partial charge in [0, 0.05) is 33.1 Å². The smallest absolute Gasteiger partial charge is 0.197 e. The summed E-state index contributed by atoms with van der Waals surface area (Å²) in [5.74, 6) is 1.87. The zero-order valence-electron chi connectivity index (χ0n) is 23.2. The summed E-state index contributed by atoms with van der Waals surface area (Å²) in [7, 11) is 0. The second-order valence-electron chi connectivity index (χ2n) is 11.0. The molecule has 3 unspecified atom stereocenters. The molecule has 2 fully saturated rings. The highest BCUT2D eigenvalue weighted by atomic mass is 32.2. The molecule has 2 nitrogen and oxygen atoms in total. The average Bonchev–Trinajstić information content (AvgIpc) is 2.96. The molecule has 2 aliphatic rings. The summed E-state index contributed by atoms with van der Waals surface area (Å²) in [5, 5.41) is 0. The van der Waals surface area contributed by atoms with Gasteiger partial charge in [0.05, 0.1) is 4.58 Å². The van der Waals surface area contributed by atoms with Crippen LogP contribution in [0.4, 0.5) is 8.78 Å². The Morgan fingerprint density at radius 1 is 0.775 bits per heavy atom. The Hall–Kier alpha value is -1.96. The van der Waals surface area contributed by atoms with Crippen LogP contribution in [0, 0.1) is 37.3 Å². The Kier molecular flexibility index (Phi) is 10.5. The van der Waals surface area contributed by atoms with Crippen molar-refractivity contribution in [1.29, 1.82) is 0 Å². The molecule has 0 bridgehead atoms. The fourth-order valence-corrected chi connectivity index (χ4v) is 8.88. The number of thioether (sulfide) groups is 2. The minimum atomic E-state index is -0.249. The number of halogens is 2. The van der Waals surface area contributed by atoms with Crippen LogP contribution in [0.25, 0.3) is 0 Å². The molecular formula is C33H37F2NOS3. The summed E-state index contributed by atoms with van der Waals surface area (Å²) >= 11 is 4.79. The largest absolute Gasteiger partial charge is 0.477 e. The topological polar surface area (TPSA) is 21.6 Å². The SMILES string of the molecule is Cc1ccc(SN=C(CC(Sc2ccc(F)cc2)Sc2ccc(F)cc2)OC2CCC3CCCCC3C2)cc1C. The van der Waals surface area contributed by atoms with Gasteiger partial charge in [-0.15, -0.1) is 23.5 Å². The van der Waals surface area contributed by atoms with Crippen molar-refractivity contribution in [3.63, 3.8) is 0 Å². The van der Waals surface area contributed by atoms with Gasteiger partial charge in [0.25, 0.3) is 0 Å². The van der Waals surface area contributed by atoms with Gasteiger partial charge < -0.3 is 4.74 Å². The number of rotatable bonds is 9. The molecule has 0 N–H and O–H groups in total. The second kappa shape index (κ2) is 14.3. The number of ether oxygens (including phenoxy) is 1. The van der Waals surface area contributed by atoms with Crippen LogP contribution in [-0.2, 0) is 4.74 Å². The van der Waals surface area contributed by atoms with E-state index in [0.29, 0.717) is 6.42 Å². The Morgan fingerprint density at radius 2 is 1.38 bits per heavy atom. The Morgan fingerprint density at radius 3 is 2.00 bits per heavy atom. The van der Waals surface area contributed by atoms with Crippen LogP contribution in [0.15, 0.2) is 85.8 Å². The highest BCUT2D eigenvalue weighted by Crippen LogP contribution is 2.43. The number of benzene rings is 3. The summed E-state index contributed by atoms with van der Waals surface area (Å²) in [6.45, 7) is 4.24. The first-order chi connectivity index (χ1) is 19.4. The highest BCUT2D eigenvalue weighted by Gasteiger charge is 2.34. The van der Waals surface area contributed by atoms with Crippen molar-refractivity contribution >= 4 is 41.4 Å². The van der Waals surface area contributed by atoms with Crippen LogP contribution in [0.5, 0.6) is 0 Å². The average molecular weight is 598 g/mol. The normalized spacial score (nSPS) is 21.3. The van der Waals surface area contributed by atoms with Crippen LogP contribution in [0.3, 0.4) is 0 Å². The molecule has 0 spiro atoms. The molecule has 0 aliphatic heterocycles. The molecule has 7 heteroatoms. The maximum Gasteiger partial charge on any atom is 0.197 e. The first kappa shape index (κ1) is 29.5. The van der Waals surface area contributed by atoms with E-state index in [2.05, 4.69) is 32.0 Å². The van der Waals surface area contributed by atoms with Crippen molar-refractivity contribution in [2.24, 2.45) is 16.2 Å². The van der Waals surface area contributed by atoms with Crippen LogP contribution in [0.2, 0.25) is 0 Å². The Bertz CT molecular complexity index is 1230. The molecule has 0 heterocycles. The standard InChI is InChI=1S/C33H37F2NOS3/c1-22-7-14-31(19-23(22)2)40-36-32(37-28-13-8-24-5-3-4-6-25(24)20-28)21-33(38-29-15-9-26(34)10-16-29)39-30-17-11-27(35)12-18-30/h7,9-12,14-19,24-25,28,33H,3-6,8,13,20-21H2,1-2H3. The number of fused-ring (bicyclic) bond motifs is 1. The van der Waals surface area contributed by atoms with E-state index < -0.39 is 0 Å². The molecule has 3 atom stereocenters. The van der Waals surface area contributed by atoms with Gasteiger partial charge in [0.2, 0.25) is 0 Å². The number of hydrogen-bond donors (Lipinski definition) is 0. The number of hydrogen-bond acceptors (Lipinski definition) is 5. The van der Waals surface area contributed by atoms with E-state index in [1.165, 1.54) is 79.4 Å². The van der Waals surface area contributed by atoms with Crippen molar-refractivity contribution in [2.75, 3.05) is 0 Å². The molecule has 0 amide bonds. The molecule has 212 valence electrons. The van der Waals surface area contributed by atoms with E-state index in [4.69, 9.17) is 9.13 Å². The summed E-state index contributed by atoms with van der Waals surface area (Å²) in [5.41, 5.74) is 2.51. The molecule has 0 aromatic heterocycles. The third kappa shape index (κ3) is 8.53. The van der Waals surface area contributed by atoms with Crippen molar-refractivity contribution in [3.05, 3.63) is 89.5 Å². The maximum absolute atomic E-state index is 13.6. The third-order valence-corrected chi connectivity index (χ3v) is 11.3. The fraction of sp³-hybridized carbons (Fsp3) is 0.424. The van der Waals surface area contributed by atoms with Crippen LogP contribution >= 0.6 is 35.5 Å². The van der Waals surface area contributed by atoms with Crippen molar-refractivity contribution in [3.8, 4) is 0 Å². The van der Waals surface area contributed by atoms with Gasteiger partial charge in [-0.2, -0.15) is 4.40 Å². The molecule has 0 saturated heterocycles. The van der Waals surface area contributed by atoms with E-state index >= 15 is 0 Å². The summed E-state index contributed by atoms with van der Waals surface area (Å²) < 4.78 is 39.0. The summed E-state index contributed by atoms with van der Waals surface area (Å²) in [4.78, 5) is 3.05. The van der Waals surface area contributed by atoms with Crippen LogP contribution in [0.1, 0.15) is 62.5 Å². The highest BCUT2D eigenvalue weighted by molar-refractivity contribution is 8.17. The van der Waals surface area contributed by atoms with Crippen molar-refractivity contribution in [1.82, 2.24) is 0 Å². The van der Waals surface area contributed by atoms with Crippen LogP contribution < -0.4 is 0 Å². The van der Waals surface area contributed by atoms with Gasteiger partial charge in [-0.05, 0) is 117 Å². The lowest BCUT2D eigenvalue weighted by atomic mass is 9.70. The van der Waals surface area contributed by atoms with Crippen LogP contribution in [-0.4, -0.2) is 16.6 Å². The molecule has 3 aromatic carbocycles. The molecular weight excluding hydrogens is 561 g/mol. The predicted octanol–water partition coefficient (Wildman–Crippen LogP) is 10.7. The number of aryl methyl sites for hydroxylation is 2. The zero-order chi connectivity index (χ0) is 27.9. The molecule has 40 heavy (non-hydrogen) atoms. The Labute approximate surface area is 250 Å². The van der Waals surface area contributed by atoms with Gasteiger partial charge in [-0.1, -0.05) is 31.7 Å². The van der Waals surface area contributed by atoms with Gasteiger partial charge in [-0.25, -0.2) is 8.78 Å². The Balaban J connectivity index is 1.37. The lowest BCUT2D eigenvalue weighted by molar-refractivity contribution is 0.0560. The van der Waals surface area contributed by atoms with Crippen molar-refractivity contribution < 1.29 is 13.5 Å². The summed E-state index contributed by atoms with van der Waals surface area (Å²) in [6, 6.07) is 19.6. The van der Waals surface area contributed by atoms with E-state index in [0.717, 1.165) is 45.3 Å². The number of nitrogens with zero attached hydrogens (tertiary/aromatic N) is 1. The first-order valence-corrected chi connectivity index (χ1v) is 16.8. The minimum absolute atomic E-state index is 0.0149. The predicted molar refractivity (Wildman–Crippen MR) is 166 cm³/mol. The van der Waals surface area contributed by atoms with E-state index in [-0.39, 0.29) is 22.3 Å². The van der Waals surface area contributed by atoms with Crippen molar-refractivity contribution in [2.45, 2.75) is 90.6 Å². The van der Waals surface area contributed by atoms with E-state index in [9.17, 15) is 8.78 Å². The first-order valence-electron chi connectivity index (χ1n) is 14.2. The molecule has 0 radical (unpaired) electrons. The zero-order valence-corrected chi connectivity index (χ0v) is 25.6. The lowest BCUT2D eigenvalue weighted by Crippen LogP contribution is -2.33. The second-order valence-corrected chi connectivity index (χ2v) is 14.6. The monoisotopic (exact) mass is 597 g/mol. The third-order valence-electron chi connectivity index (χ3n) is 8.03. The fourth-order valence-electron chi connectivity index (χ4n) is 5.69. The quantitative estimate of drug-likeness (QED) is 0.0804. The van der Waals surface area contributed by atoms with Gasteiger partial charge >= 0.3 is 0 Å². The molecule has 5 rings (SSSR count). The van der Waals surface area contributed by atoms with Gasteiger partial charge in [0.1, 0.15) is 17.7 Å². The minimum Gasteiger partial charge on any atom is -0.477 e. The van der Waals surface area contributed by atoms with Gasteiger partial charge in [0.15, 0.2) is 5.90 Å². The molecule has 2 aliphatic carbocycles. The van der Waals surface area contributed by atoms with E-state index in [1.54, 1.807) is 23.5 Å². The molecule has 2 saturated carbocycles.